The lowest BCUT2D eigenvalue weighted by molar-refractivity contribution is 1.18. The van der Waals surface area contributed by atoms with Gasteiger partial charge >= 0.3 is 0 Å². The van der Waals surface area contributed by atoms with Crippen LogP contribution in [0.5, 0.6) is 0 Å². The van der Waals surface area contributed by atoms with Crippen molar-refractivity contribution in [2.45, 2.75) is 0 Å². The Morgan fingerprint density at radius 2 is 1.04 bits per heavy atom. The van der Waals surface area contributed by atoms with Gasteiger partial charge in [0.2, 0.25) is 0 Å². The van der Waals surface area contributed by atoms with Gasteiger partial charge in [-0.05, 0) is 89.6 Å². The summed E-state index contributed by atoms with van der Waals surface area (Å²) in [4.78, 5) is 2.47. The SMILES string of the molecule is c1ccc(-n2c3ccccc3c3cc(N(c4ccc5cc6c(cc5c4)sc4ccccc46)c4cccc5c4sc4ccccc45)ccc32)cc1. The Kier molecular flexibility index (Phi) is 6.03. The molecule has 0 aliphatic heterocycles. The van der Waals surface area contributed by atoms with Crippen LogP contribution in [0.4, 0.5) is 17.1 Å². The number of aromatic nitrogens is 1. The van der Waals surface area contributed by atoms with E-state index >= 15 is 0 Å². The maximum atomic E-state index is 2.47. The minimum absolute atomic E-state index is 1.14. The topological polar surface area (TPSA) is 8.17 Å². The van der Waals surface area contributed by atoms with Crippen LogP contribution in [0, 0.1) is 0 Å². The first kappa shape index (κ1) is 28.0. The van der Waals surface area contributed by atoms with Crippen LogP contribution in [-0.4, -0.2) is 4.57 Å². The highest BCUT2D eigenvalue weighted by Crippen LogP contribution is 2.47. The summed E-state index contributed by atoms with van der Waals surface area (Å²) < 4.78 is 7.64. The summed E-state index contributed by atoms with van der Waals surface area (Å²) in [5.41, 5.74) is 7.06. The van der Waals surface area contributed by atoms with Crippen LogP contribution in [0.1, 0.15) is 0 Å². The summed E-state index contributed by atoms with van der Waals surface area (Å²) in [7, 11) is 0. The van der Waals surface area contributed by atoms with Crippen molar-refractivity contribution >= 4 is 113 Å². The lowest BCUT2D eigenvalue weighted by Crippen LogP contribution is -2.10. The molecule has 0 aliphatic rings. The van der Waals surface area contributed by atoms with Gasteiger partial charge in [-0.3, -0.25) is 0 Å². The Bertz CT molecular complexity index is 3110. The van der Waals surface area contributed by atoms with Crippen LogP contribution in [-0.2, 0) is 0 Å². The van der Waals surface area contributed by atoms with E-state index in [0.29, 0.717) is 0 Å². The minimum Gasteiger partial charge on any atom is -0.309 e. The van der Waals surface area contributed by atoms with Crippen molar-refractivity contribution in [1.82, 2.24) is 4.57 Å². The Hall–Kier alpha value is -5.94. The highest BCUT2D eigenvalue weighted by Gasteiger charge is 2.21. The summed E-state index contributed by atoms with van der Waals surface area (Å²) in [5, 5.41) is 10.3. The maximum Gasteiger partial charge on any atom is 0.0640 e. The third-order valence-electron chi connectivity index (χ3n) is 10.1. The monoisotopic (exact) mass is 672 g/mol. The van der Waals surface area contributed by atoms with Crippen molar-refractivity contribution in [3.63, 3.8) is 0 Å². The molecular formula is C46H28N2S2. The average Bonchev–Trinajstić information content (AvgIpc) is 3.84. The zero-order valence-electron chi connectivity index (χ0n) is 26.9. The number of rotatable bonds is 4. The van der Waals surface area contributed by atoms with Gasteiger partial charge in [0.05, 0.1) is 21.4 Å². The molecule has 0 radical (unpaired) electrons. The molecule has 11 rings (SSSR count). The average molecular weight is 673 g/mol. The van der Waals surface area contributed by atoms with Gasteiger partial charge < -0.3 is 9.47 Å². The summed E-state index contributed by atoms with van der Waals surface area (Å²) >= 11 is 3.75. The smallest absolute Gasteiger partial charge is 0.0640 e. The van der Waals surface area contributed by atoms with Gasteiger partial charge in [-0.1, -0.05) is 91.0 Å². The lowest BCUT2D eigenvalue weighted by atomic mass is 10.0. The summed E-state index contributed by atoms with van der Waals surface area (Å²) in [6.07, 6.45) is 0. The van der Waals surface area contributed by atoms with Gasteiger partial charge in [0.1, 0.15) is 0 Å². The largest absolute Gasteiger partial charge is 0.309 e. The predicted octanol–water partition coefficient (Wildman–Crippen LogP) is 14.1. The van der Waals surface area contributed by atoms with E-state index < -0.39 is 0 Å². The van der Waals surface area contributed by atoms with Crippen molar-refractivity contribution in [2.75, 3.05) is 4.90 Å². The van der Waals surface area contributed by atoms with E-state index in [-0.39, 0.29) is 0 Å². The number of para-hydroxylation sites is 2. The third kappa shape index (κ3) is 4.13. The zero-order valence-corrected chi connectivity index (χ0v) is 28.5. The van der Waals surface area contributed by atoms with Crippen molar-refractivity contribution in [1.29, 1.82) is 0 Å². The van der Waals surface area contributed by atoms with Gasteiger partial charge in [0, 0.05) is 63.5 Å². The zero-order chi connectivity index (χ0) is 32.8. The fourth-order valence-electron chi connectivity index (χ4n) is 7.89. The van der Waals surface area contributed by atoms with Gasteiger partial charge in [0.15, 0.2) is 0 Å². The van der Waals surface area contributed by atoms with Crippen LogP contribution in [0.25, 0.3) is 78.6 Å². The highest BCUT2D eigenvalue weighted by molar-refractivity contribution is 7.26. The number of benzene rings is 8. The van der Waals surface area contributed by atoms with Crippen molar-refractivity contribution in [3.05, 3.63) is 170 Å². The maximum absolute atomic E-state index is 2.47. The molecule has 50 heavy (non-hydrogen) atoms. The standard InChI is InChI=1S/C46H28N2S2/c1-2-11-31(12-3-1)48-40-17-7-4-13-34(40)38-28-33(23-24-41(38)48)47(42-18-10-16-37-35-14-5-9-20-44(35)50-46(37)42)32-22-21-29-26-39-36-15-6-8-19-43(36)49-45(39)27-30(29)25-32/h1-28H. The van der Waals surface area contributed by atoms with Crippen LogP contribution < -0.4 is 4.90 Å². The number of fused-ring (bicyclic) bond motifs is 10. The quantitative estimate of drug-likeness (QED) is 0.181. The molecule has 2 nitrogen and oxygen atoms in total. The Morgan fingerprint density at radius 1 is 0.380 bits per heavy atom. The number of hydrogen-bond donors (Lipinski definition) is 0. The second-order valence-corrected chi connectivity index (χ2v) is 15.1. The molecule has 8 aromatic carbocycles. The number of anilines is 3. The fourth-order valence-corrected chi connectivity index (χ4v) is 10.2. The third-order valence-corrected chi connectivity index (χ3v) is 12.5. The van der Waals surface area contributed by atoms with Gasteiger partial charge in [-0.2, -0.15) is 0 Å². The Morgan fingerprint density at radius 3 is 1.90 bits per heavy atom. The molecule has 0 atom stereocenters. The number of nitrogens with zero attached hydrogens (tertiary/aromatic N) is 2. The first-order valence-corrected chi connectivity index (χ1v) is 18.6. The number of thiophene rings is 2. The molecule has 3 heterocycles. The van der Waals surface area contributed by atoms with E-state index in [9.17, 15) is 0 Å². The van der Waals surface area contributed by atoms with E-state index in [1.807, 2.05) is 22.7 Å². The van der Waals surface area contributed by atoms with Crippen LogP contribution in [0.3, 0.4) is 0 Å². The first-order chi connectivity index (χ1) is 24.8. The Balaban J connectivity index is 1.18. The lowest BCUT2D eigenvalue weighted by Gasteiger charge is -2.26. The van der Waals surface area contributed by atoms with Crippen molar-refractivity contribution in [3.8, 4) is 5.69 Å². The molecule has 0 fully saturated rings. The molecule has 0 spiro atoms. The molecule has 0 amide bonds. The molecule has 0 bridgehead atoms. The van der Waals surface area contributed by atoms with Gasteiger partial charge in [0.25, 0.3) is 0 Å². The predicted molar refractivity (Wildman–Crippen MR) is 219 cm³/mol. The molecule has 3 aromatic heterocycles. The van der Waals surface area contributed by atoms with E-state index in [1.54, 1.807) is 0 Å². The van der Waals surface area contributed by atoms with E-state index in [0.717, 1.165) is 11.4 Å². The summed E-state index contributed by atoms with van der Waals surface area (Å²) in [6, 6.07) is 62.5. The molecule has 0 unspecified atom stereocenters. The van der Waals surface area contributed by atoms with Crippen LogP contribution in [0.15, 0.2) is 170 Å². The Labute approximate surface area is 296 Å². The summed E-state index contributed by atoms with van der Waals surface area (Å²) in [6.45, 7) is 0. The van der Waals surface area contributed by atoms with Crippen LogP contribution >= 0.6 is 22.7 Å². The van der Waals surface area contributed by atoms with Gasteiger partial charge in [-0.25, -0.2) is 0 Å². The second-order valence-electron chi connectivity index (χ2n) is 13.0. The highest BCUT2D eigenvalue weighted by atomic mass is 32.1. The molecule has 0 N–H and O–H groups in total. The summed E-state index contributed by atoms with van der Waals surface area (Å²) in [5.74, 6) is 0. The van der Waals surface area contributed by atoms with Gasteiger partial charge in [-0.15, -0.1) is 22.7 Å². The van der Waals surface area contributed by atoms with E-state index in [4.69, 9.17) is 0 Å². The molecule has 4 heteroatoms. The van der Waals surface area contributed by atoms with Crippen LogP contribution in [0.2, 0.25) is 0 Å². The second kappa shape index (κ2) is 10.8. The molecular weight excluding hydrogens is 645 g/mol. The van der Waals surface area contributed by atoms with Crippen molar-refractivity contribution < 1.29 is 0 Å². The normalized spacial score (nSPS) is 12.0. The van der Waals surface area contributed by atoms with E-state index in [1.165, 1.54) is 84.3 Å². The first-order valence-electron chi connectivity index (χ1n) is 16.9. The molecule has 0 saturated carbocycles. The molecule has 11 aromatic rings. The minimum atomic E-state index is 1.14. The molecule has 0 saturated heterocycles. The van der Waals surface area contributed by atoms with E-state index in [2.05, 4.69) is 179 Å². The molecule has 234 valence electrons. The molecule has 0 aliphatic carbocycles. The van der Waals surface area contributed by atoms with Crippen molar-refractivity contribution in [2.24, 2.45) is 0 Å². The fraction of sp³-hybridized carbons (Fsp3) is 0. The number of hydrogen-bond acceptors (Lipinski definition) is 3.